The summed E-state index contributed by atoms with van der Waals surface area (Å²) in [5.74, 6) is 1.16. The maximum Gasteiger partial charge on any atom is 0.179 e. The second kappa shape index (κ2) is 8.61. The van der Waals surface area contributed by atoms with Crippen molar-refractivity contribution in [3.05, 3.63) is 64.7 Å². The fraction of sp³-hybridized carbons (Fsp3) is 0.296. The molecule has 0 radical (unpaired) electrons. The van der Waals surface area contributed by atoms with E-state index in [0.717, 1.165) is 49.2 Å². The second-order valence-corrected chi connectivity index (χ2v) is 8.73. The van der Waals surface area contributed by atoms with E-state index in [1.807, 2.05) is 12.1 Å². The van der Waals surface area contributed by atoms with Crippen molar-refractivity contribution in [2.24, 2.45) is 0 Å². The van der Waals surface area contributed by atoms with E-state index in [1.165, 1.54) is 27.3 Å². The smallest absolute Gasteiger partial charge is 0.179 e. The van der Waals surface area contributed by atoms with Crippen LogP contribution in [0.25, 0.3) is 32.9 Å². The van der Waals surface area contributed by atoms with E-state index in [1.54, 1.807) is 14.2 Å². The average molecular weight is 447 g/mol. The number of benzene rings is 3. The van der Waals surface area contributed by atoms with Gasteiger partial charge in [-0.2, -0.15) is 0 Å². The number of rotatable bonds is 5. The van der Waals surface area contributed by atoms with Crippen molar-refractivity contribution in [3.63, 3.8) is 0 Å². The quantitative estimate of drug-likeness (QED) is 0.328. The molecule has 0 spiro atoms. The summed E-state index contributed by atoms with van der Waals surface area (Å²) in [6, 6.07) is 16.8. The highest BCUT2D eigenvalue weighted by Crippen LogP contribution is 2.42. The second-order valence-electron chi connectivity index (χ2n) is 8.32. The van der Waals surface area contributed by atoms with Crippen LogP contribution in [0.4, 0.5) is 0 Å². The molecular weight excluding hydrogens is 420 g/mol. The minimum atomic E-state index is 0.525. The van der Waals surface area contributed by atoms with Crippen LogP contribution in [0, 0.1) is 0 Å². The van der Waals surface area contributed by atoms with Gasteiger partial charge in [-0.3, -0.25) is 4.90 Å². The third kappa shape index (κ3) is 3.48. The summed E-state index contributed by atoms with van der Waals surface area (Å²) in [6.07, 6.45) is 2.15. The van der Waals surface area contributed by atoms with Crippen LogP contribution in [0.5, 0.6) is 11.5 Å². The maximum absolute atomic E-state index is 6.58. The minimum absolute atomic E-state index is 0.525. The number of methoxy groups -OCH3 is 2. The molecule has 4 nitrogen and oxygen atoms in total. The molecule has 5 rings (SSSR count). The lowest BCUT2D eigenvalue weighted by molar-refractivity contribution is 0.255. The van der Waals surface area contributed by atoms with Crippen molar-refractivity contribution in [1.82, 2.24) is 9.88 Å². The van der Waals surface area contributed by atoms with Crippen LogP contribution in [0.3, 0.4) is 0 Å². The SMILES string of the molecule is CCCN1CCc2c(c(-c3cc(Cl)c(OC)c(OC)c3)nc3ccc4ccccc4c23)C1. The highest BCUT2D eigenvalue weighted by molar-refractivity contribution is 6.32. The molecule has 1 aliphatic heterocycles. The van der Waals surface area contributed by atoms with Crippen LogP contribution in [0.15, 0.2) is 48.5 Å². The molecule has 5 heteroatoms. The first kappa shape index (κ1) is 21.0. The monoisotopic (exact) mass is 446 g/mol. The van der Waals surface area contributed by atoms with Crippen molar-refractivity contribution >= 4 is 33.3 Å². The van der Waals surface area contributed by atoms with Gasteiger partial charge in [-0.1, -0.05) is 48.9 Å². The summed E-state index contributed by atoms with van der Waals surface area (Å²) in [5, 5.41) is 4.33. The Morgan fingerprint density at radius 1 is 1.03 bits per heavy atom. The Morgan fingerprint density at radius 2 is 1.88 bits per heavy atom. The van der Waals surface area contributed by atoms with Crippen LogP contribution in [0.2, 0.25) is 5.02 Å². The molecule has 4 aromatic rings. The molecule has 0 saturated carbocycles. The molecule has 164 valence electrons. The summed E-state index contributed by atoms with van der Waals surface area (Å²) in [5.41, 5.74) is 5.65. The predicted octanol–water partition coefficient (Wildman–Crippen LogP) is 6.49. The molecule has 0 fully saturated rings. The first-order chi connectivity index (χ1) is 15.6. The van der Waals surface area contributed by atoms with Gasteiger partial charge in [0.15, 0.2) is 11.5 Å². The van der Waals surface area contributed by atoms with Gasteiger partial charge in [-0.05, 0) is 59.5 Å². The molecule has 32 heavy (non-hydrogen) atoms. The zero-order valence-corrected chi connectivity index (χ0v) is 19.5. The largest absolute Gasteiger partial charge is 0.493 e. The molecule has 1 aliphatic rings. The van der Waals surface area contributed by atoms with E-state index in [0.29, 0.717) is 16.5 Å². The molecule has 0 saturated heterocycles. The third-order valence-electron chi connectivity index (χ3n) is 6.40. The number of hydrogen-bond acceptors (Lipinski definition) is 4. The fourth-order valence-electron chi connectivity index (χ4n) is 4.97. The van der Waals surface area contributed by atoms with Gasteiger partial charge in [-0.25, -0.2) is 4.98 Å². The Labute approximate surface area is 193 Å². The molecule has 2 heterocycles. The van der Waals surface area contributed by atoms with E-state index < -0.39 is 0 Å². The van der Waals surface area contributed by atoms with E-state index >= 15 is 0 Å². The zero-order chi connectivity index (χ0) is 22.2. The van der Waals surface area contributed by atoms with E-state index in [4.69, 9.17) is 26.1 Å². The van der Waals surface area contributed by atoms with Gasteiger partial charge in [-0.15, -0.1) is 0 Å². The fourth-order valence-corrected chi connectivity index (χ4v) is 5.26. The van der Waals surface area contributed by atoms with E-state index in [9.17, 15) is 0 Å². The number of halogens is 1. The Balaban J connectivity index is 1.81. The number of aromatic nitrogens is 1. The summed E-state index contributed by atoms with van der Waals surface area (Å²) >= 11 is 6.58. The number of hydrogen-bond donors (Lipinski definition) is 0. The molecule has 3 aromatic carbocycles. The minimum Gasteiger partial charge on any atom is -0.493 e. The summed E-state index contributed by atoms with van der Waals surface area (Å²) in [4.78, 5) is 7.71. The molecule has 1 aromatic heterocycles. The Hall–Kier alpha value is -2.82. The van der Waals surface area contributed by atoms with Crippen LogP contribution in [-0.4, -0.2) is 37.2 Å². The predicted molar refractivity (Wildman–Crippen MR) is 132 cm³/mol. The molecule has 0 amide bonds. The molecule has 0 aliphatic carbocycles. The zero-order valence-electron chi connectivity index (χ0n) is 18.7. The Morgan fingerprint density at radius 3 is 2.66 bits per heavy atom. The summed E-state index contributed by atoms with van der Waals surface area (Å²) in [6.45, 7) is 5.27. The standard InChI is InChI=1S/C27H27ClN2O2/c1-4-12-30-13-11-20-21(16-30)26(18-14-22(28)27(32-3)24(15-18)31-2)29-23-10-9-17-7-5-6-8-19(17)25(20)23/h5-10,14-15H,4,11-13,16H2,1-3H3. The van der Waals surface area contributed by atoms with Crippen LogP contribution in [0.1, 0.15) is 24.5 Å². The van der Waals surface area contributed by atoms with Gasteiger partial charge in [0.05, 0.1) is 30.5 Å². The highest BCUT2D eigenvalue weighted by atomic mass is 35.5. The third-order valence-corrected chi connectivity index (χ3v) is 6.68. The van der Waals surface area contributed by atoms with Gasteiger partial charge >= 0.3 is 0 Å². The van der Waals surface area contributed by atoms with Crippen molar-refractivity contribution < 1.29 is 9.47 Å². The lowest BCUT2D eigenvalue weighted by Gasteiger charge is -2.31. The summed E-state index contributed by atoms with van der Waals surface area (Å²) in [7, 11) is 3.24. The number of fused-ring (bicyclic) bond motifs is 5. The first-order valence-electron chi connectivity index (χ1n) is 11.1. The molecule has 0 unspecified atom stereocenters. The molecule has 0 atom stereocenters. The number of nitrogens with zero attached hydrogens (tertiary/aromatic N) is 2. The Kier molecular flexibility index (Phi) is 5.66. The lowest BCUT2D eigenvalue weighted by atomic mass is 9.89. The van der Waals surface area contributed by atoms with Crippen LogP contribution >= 0.6 is 11.6 Å². The van der Waals surface area contributed by atoms with Gasteiger partial charge in [0.2, 0.25) is 0 Å². The average Bonchev–Trinajstić information content (AvgIpc) is 2.82. The highest BCUT2D eigenvalue weighted by Gasteiger charge is 2.25. The van der Waals surface area contributed by atoms with Crippen LogP contribution < -0.4 is 9.47 Å². The normalized spacial score (nSPS) is 14.0. The lowest BCUT2D eigenvalue weighted by Crippen LogP contribution is -2.32. The number of ether oxygens (including phenoxy) is 2. The van der Waals surface area contributed by atoms with E-state index in [-0.39, 0.29) is 0 Å². The van der Waals surface area contributed by atoms with Crippen molar-refractivity contribution in [3.8, 4) is 22.8 Å². The van der Waals surface area contributed by atoms with Crippen LogP contribution in [-0.2, 0) is 13.0 Å². The van der Waals surface area contributed by atoms with Gasteiger partial charge < -0.3 is 9.47 Å². The molecule has 0 bridgehead atoms. The van der Waals surface area contributed by atoms with Gasteiger partial charge in [0.1, 0.15) is 0 Å². The summed E-state index contributed by atoms with van der Waals surface area (Å²) < 4.78 is 11.0. The molecular formula is C27H27ClN2O2. The van der Waals surface area contributed by atoms with Crippen molar-refractivity contribution in [2.45, 2.75) is 26.3 Å². The first-order valence-corrected chi connectivity index (χ1v) is 11.5. The maximum atomic E-state index is 6.58. The van der Waals surface area contributed by atoms with E-state index in [2.05, 4.69) is 48.2 Å². The van der Waals surface area contributed by atoms with Gasteiger partial charge in [0, 0.05) is 24.0 Å². The van der Waals surface area contributed by atoms with Crippen molar-refractivity contribution in [1.29, 1.82) is 0 Å². The molecule has 0 N–H and O–H groups in total. The topological polar surface area (TPSA) is 34.6 Å². The van der Waals surface area contributed by atoms with Crippen molar-refractivity contribution in [2.75, 3.05) is 27.3 Å². The van der Waals surface area contributed by atoms with Gasteiger partial charge in [0.25, 0.3) is 0 Å². The Bertz CT molecular complexity index is 1320. The number of pyridine rings is 1.